The van der Waals surface area contributed by atoms with Crippen LogP contribution in [0.3, 0.4) is 0 Å². The van der Waals surface area contributed by atoms with Gasteiger partial charge < -0.3 is 5.11 Å². The number of hydrogen-bond acceptors (Lipinski definition) is 1. The normalized spacial score (nSPS) is 47.7. The molecule has 152 valence electrons. The first kappa shape index (κ1) is 19.5. The Morgan fingerprint density at radius 3 is 2.59 bits per heavy atom. The third-order valence-corrected chi connectivity index (χ3v) is 10.2. The van der Waals surface area contributed by atoms with Gasteiger partial charge >= 0.3 is 5.97 Å². The zero-order valence-corrected chi connectivity index (χ0v) is 17.8. The third-order valence-electron chi connectivity index (χ3n) is 10.2. The van der Waals surface area contributed by atoms with Crippen molar-refractivity contribution >= 4 is 5.97 Å². The molecule has 0 amide bonds. The van der Waals surface area contributed by atoms with Crippen molar-refractivity contribution in [3.63, 3.8) is 0 Å². The molecule has 0 saturated heterocycles. The van der Waals surface area contributed by atoms with Crippen LogP contribution in [0.5, 0.6) is 0 Å². The molecule has 8 atom stereocenters. The first-order valence-corrected chi connectivity index (χ1v) is 11.6. The second-order valence-electron chi connectivity index (χ2n) is 11.2. The van der Waals surface area contributed by atoms with Crippen LogP contribution in [0.2, 0.25) is 0 Å². The lowest BCUT2D eigenvalue weighted by atomic mass is 9.44. The van der Waals surface area contributed by atoms with Gasteiger partial charge in [-0.3, -0.25) is 4.79 Å². The van der Waals surface area contributed by atoms with Crippen LogP contribution in [0.4, 0.5) is 0 Å². The van der Waals surface area contributed by atoms with Gasteiger partial charge in [0, 0.05) is 6.42 Å². The van der Waals surface area contributed by atoms with Crippen molar-refractivity contribution in [3.05, 3.63) is 12.2 Å². The number of aliphatic carboxylic acids is 1. The van der Waals surface area contributed by atoms with Crippen molar-refractivity contribution in [1.29, 1.82) is 0 Å². The summed E-state index contributed by atoms with van der Waals surface area (Å²) in [5.41, 5.74) is 2.52. The Labute approximate surface area is 166 Å². The Balaban J connectivity index is 1.52. The molecular formula is C25H40O2. The summed E-state index contributed by atoms with van der Waals surface area (Å²) in [4.78, 5) is 11.1. The molecule has 27 heavy (non-hydrogen) atoms. The number of carboxylic acid groups (broad SMARTS) is 1. The molecule has 4 aliphatic rings. The first-order valence-electron chi connectivity index (χ1n) is 11.6. The summed E-state index contributed by atoms with van der Waals surface area (Å²) < 4.78 is 0. The number of allylic oxidation sites excluding steroid dienone is 1. The predicted octanol–water partition coefficient (Wildman–Crippen LogP) is 6.70. The lowest BCUT2D eigenvalue weighted by Gasteiger charge is -2.61. The molecule has 4 aliphatic carbocycles. The largest absolute Gasteiger partial charge is 0.481 e. The zero-order chi connectivity index (χ0) is 19.4. The number of fused-ring (bicyclic) bond motifs is 5. The molecule has 1 N–H and O–H groups in total. The van der Waals surface area contributed by atoms with Gasteiger partial charge in [0.1, 0.15) is 0 Å². The molecule has 0 radical (unpaired) electrons. The van der Waals surface area contributed by atoms with E-state index in [-0.39, 0.29) is 0 Å². The summed E-state index contributed by atoms with van der Waals surface area (Å²) in [5, 5.41) is 9.11. The molecule has 4 rings (SSSR count). The second-order valence-corrected chi connectivity index (χ2v) is 11.2. The van der Waals surface area contributed by atoms with Gasteiger partial charge in [-0.2, -0.15) is 0 Å². The van der Waals surface area contributed by atoms with Crippen LogP contribution in [0.15, 0.2) is 12.2 Å². The minimum atomic E-state index is -0.629. The fourth-order valence-corrected chi connectivity index (χ4v) is 8.68. The van der Waals surface area contributed by atoms with E-state index in [1.807, 2.05) is 0 Å². The average molecular weight is 373 g/mol. The zero-order valence-electron chi connectivity index (χ0n) is 17.8. The monoisotopic (exact) mass is 372 g/mol. The Morgan fingerprint density at radius 1 is 1.11 bits per heavy atom. The van der Waals surface area contributed by atoms with Crippen molar-refractivity contribution in [2.45, 2.75) is 91.4 Å². The van der Waals surface area contributed by atoms with Gasteiger partial charge in [0.05, 0.1) is 0 Å². The summed E-state index contributed by atoms with van der Waals surface area (Å²) in [6.07, 6.45) is 13.5. The molecule has 0 heterocycles. The van der Waals surface area contributed by atoms with Crippen molar-refractivity contribution in [2.75, 3.05) is 0 Å². The number of carbonyl (C=O) groups is 1. The van der Waals surface area contributed by atoms with E-state index >= 15 is 0 Å². The van der Waals surface area contributed by atoms with E-state index < -0.39 is 5.97 Å². The Bertz CT molecular complexity index is 609. The molecule has 0 spiro atoms. The Morgan fingerprint density at radius 2 is 1.85 bits per heavy atom. The van der Waals surface area contributed by atoms with Gasteiger partial charge in [-0.05, 0) is 111 Å². The quantitative estimate of drug-likeness (QED) is 0.557. The van der Waals surface area contributed by atoms with E-state index in [0.29, 0.717) is 23.2 Å². The lowest BCUT2D eigenvalue weighted by molar-refractivity contribution is -0.137. The highest BCUT2D eigenvalue weighted by Gasteiger charge is 2.60. The van der Waals surface area contributed by atoms with Gasteiger partial charge in [0.2, 0.25) is 0 Å². The van der Waals surface area contributed by atoms with Crippen LogP contribution in [0, 0.1) is 46.3 Å². The molecule has 0 aliphatic heterocycles. The summed E-state index contributed by atoms with van der Waals surface area (Å²) >= 11 is 0. The van der Waals surface area contributed by atoms with Gasteiger partial charge in [-0.25, -0.2) is 0 Å². The average Bonchev–Trinajstić information content (AvgIpc) is 2.97. The maximum Gasteiger partial charge on any atom is 0.303 e. The minimum absolute atomic E-state index is 0.341. The minimum Gasteiger partial charge on any atom is -0.481 e. The summed E-state index contributed by atoms with van der Waals surface area (Å²) in [5.74, 6) is 4.28. The third kappa shape index (κ3) is 3.10. The SMILES string of the molecule is C=C1CC[C@]2(C)C3CC[C@]4(C)C(C(C)CCC(=O)O)CCC4[C@@H]3CC[C@@H]2C1. The smallest absolute Gasteiger partial charge is 0.303 e. The summed E-state index contributed by atoms with van der Waals surface area (Å²) in [6.45, 7) is 11.9. The van der Waals surface area contributed by atoms with Crippen molar-refractivity contribution in [1.82, 2.24) is 0 Å². The highest BCUT2D eigenvalue weighted by molar-refractivity contribution is 5.66. The highest BCUT2D eigenvalue weighted by Crippen LogP contribution is 2.68. The number of carboxylic acids is 1. The van der Waals surface area contributed by atoms with Gasteiger partial charge in [-0.15, -0.1) is 0 Å². The van der Waals surface area contributed by atoms with Crippen LogP contribution >= 0.6 is 0 Å². The molecule has 4 fully saturated rings. The highest BCUT2D eigenvalue weighted by atomic mass is 16.4. The Kier molecular flexibility index (Phi) is 5.00. The van der Waals surface area contributed by atoms with Crippen LogP contribution < -0.4 is 0 Å². The maximum atomic E-state index is 11.1. The molecule has 0 aromatic carbocycles. The van der Waals surface area contributed by atoms with Crippen LogP contribution in [-0.2, 0) is 4.79 Å². The van der Waals surface area contributed by atoms with E-state index in [4.69, 9.17) is 5.11 Å². The lowest BCUT2D eigenvalue weighted by Crippen LogP contribution is -2.53. The van der Waals surface area contributed by atoms with E-state index in [1.165, 1.54) is 63.4 Å². The first-order chi connectivity index (χ1) is 12.8. The van der Waals surface area contributed by atoms with Crippen molar-refractivity contribution in [3.8, 4) is 0 Å². The number of hydrogen-bond donors (Lipinski definition) is 1. The molecular weight excluding hydrogens is 332 g/mol. The van der Waals surface area contributed by atoms with E-state index in [1.54, 1.807) is 0 Å². The molecule has 0 aromatic rings. The van der Waals surface area contributed by atoms with E-state index in [2.05, 4.69) is 27.4 Å². The van der Waals surface area contributed by atoms with Crippen LogP contribution in [0.25, 0.3) is 0 Å². The van der Waals surface area contributed by atoms with E-state index in [9.17, 15) is 4.79 Å². The van der Waals surface area contributed by atoms with Crippen LogP contribution in [0.1, 0.15) is 91.4 Å². The standard InChI is InChI=1S/C25H40O2/c1-16-11-13-24(3)18(15-16)6-7-19-21-9-8-20(17(2)5-10-23(26)27)25(21,4)14-12-22(19)24/h17-22H,1,5-15H2,2-4H3,(H,26,27)/t17?,18-,19+,20?,21?,22?,24+,25-/m1/s1. The topological polar surface area (TPSA) is 37.3 Å². The summed E-state index contributed by atoms with van der Waals surface area (Å²) in [6, 6.07) is 0. The molecule has 2 heteroatoms. The molecule has 0 bridgehead atoms. The van der Waals surface area contributed by atoms with Crippen molar-refractivity contribution in [2.24, 2.45) is 46.3 Å². The molecule has 4 unspecified atom stereocenters. The molecule has 0 aromatic heterocycles. The number of rotatable bonds is 4. The fourth-order valence-electron chi connectivity index (χ4n) is 8.68. The maximum absolute atomic E-state index is 11.1. The molecule has 4 saturated carbocycles. The van der Waals surface area contributed by atoms with Gasteiger partial charge in [0.25, 0.3) is 0 Å². The van der Waals surface area contributed by atoms with Crippen molar-refractivity contribution < 1.29 is 9.90 Å². The fraction of sp³-hybridized carbons (Fsp3) is 0.880. The molecule has 2 nitrogen and oxygen atoms in total. The summed E-state index contributed by atoms with van der Waals surface area (Å²) in [7, 11) is 0. The Hall–Kier alpha value is -0.790. The van der Waals surface area contributed by atoms with Gasteiger partial charge in [0.15, 0.2) is 0 Å². The van der Waals surface area contributed by atoms with Gasteiger partial charge in [-0.1, -0.05) is 32.9 Å². The van der Waals surface area contributed by atoms with E-state index in [0.717, 1.165) is 36.0 Å². The predicted molar refractivity (Wildman–Crippen MR) is 110 cm³/mol. The second kappa shape index (κ2) is 6.92. The van der Waals surface area contributed by atoms with Crippen LogP contribution in [-0.4, -0.2) is 11.1 Å².